The van der Waals surface area contributed by atoms with Crippen LogP contribution in [-0.4, -0.2) is 6.61 Å². The molecule has 0 aliphatic carbocycles. The Kier molecular flexibility index (Phi) is 7.83. The predicted octanol–water partition coefficient (Wildman–Crippen LogP) is -1.22. The Morgan fingerprint density at radius 1 is 1.36 bits per heavy atom. The third-order valence-electron chi connectivity index (χ3n) is 1.54. The minimum absolute atomic E-state index is 0. The van der Waals surface area contributed by atoms with Crippen molar-refractivity contribution in [2.75, 3.05) is 6.61 Å². The van der Waals surface area contributed by atoms with Gasteiger partial charge in [0.25, 0.3) is 0 Å². The number of hydrogen-bond donors (Lipinski definition) is 0. The third kappa shape index (κ3) is 5.78. The molecule has 0 amide bonds. The third-order valence-corrected chi connectivity index (χ3v) is 2.95. The summed E-state index contributed by atoms with van der Waals surface area (Å²) >= 11 is 0. The molecule has 14 heavy (non-hydrogen) atoms. The Bertz CT molecular complexity index is 302. The molecule has 0 bridgehead atoms. The molecular weight excluding hydrogens is 226 g/mol. The molecule has 1 unspecified atom stereocenters. The van der Waals surface area contributed by atoms with Crippen LogP contribution < -0.4 is 56.3 Å². The molecule has 0 fully saturated rings. The van der Waals surface area contributed by atoms with Crippen molar-refractivity contribution in [1.82, 2.24) is 0 Å². The van der Waals surface area contributed by atoms with Crippen LogP contribution in [0.15, 0.2) is 30.3 Å². The van der Waals surface area contributed by atoms with E-state index in [4.69, 9.17) is 0 Å². The van der Waals surface area contributed by atoms with Crippen LogP contribution in [0, 0.1) is 0 Å². The van der Waals surface area contributed by atoms with Gasteiger partial charge in [-0.1, -0.05) is 30.3 Å². The van der Waals surface area contributed by atoms with Gasteiger partial charge in [-0.25, -0.2) is 0 Å². The van der Waals surface area contributed by atoms with Crippen LogP contribution in [0.5, 0.6) is 0 Å². The zero-order chi connectivity index (χ0) is 9.73. The maximum atomic E-state index is 11.2. The second kappa shape index (κ2) is 7.31. The Balaban J connectivity index is 0.00000169. The van der Waals surface area contributed by atoms with Crippen LogP contribution in [0.4, 0.5) is 0 Å². The molecule has 0 saturated heterocycles. The van der Waals surface area contributed by atoms with Crippen molar-refractivity contribution in [3.63, 3.8) is 0 Å². The van der Waals surface area contributed by atoms with Crippen LogP contribution in [-0.2, 0) is 15.3 Å². The van der Waals surface area contributed by atoms with Crippen molar-refractivity contribution >= 4 is 7.60 Å². The summed E-state index contributed by atoms with van der Waals surface area (Å²) in [6, 6.07) is 9.00. The van der Waals surface area contributed by atoms with E-state index >= 15 is 0 Å². The zero-order valence-electron chi connectivity index (χ0n) is 8.47. The minimum Gasteiger partial charge on any atom is -0.778 e. The van der Waals surface area contributed by atoms with Crippen molar-refractivity contribution in [3.05, 3.63) is 35.9 Å². The van der Waals surface area contributed by atoms with E-state index in [0.717, 1.165) is 5.56 Å². The van der Waals surface area contributed by atoms with Crippen LogP contribution in [0.25, 0.3) is 0 Å². The smallest absolute Gasteiger partial charge is 0.778 e. The monoisotopic (exact) mass is 238 g/mol. The Morgan fingerprint density at radius 3 is 2.43 bits per heavy atom. The number of rotatable bonds is 4. The molecule has 1 atom stereocenters. The van der Waals surface area contributed by atoms with E-state index in [-0.39, 0.29) is 64.2 Å². The normalized spacial score (nSPS) is 14.1. The predicted molar refractivity (Wildman–Crippen MR) is 49.4 cm³/mol. The molecule has 0 aromatic heterocycles. The SMILES string of the molecule is CCOP(=O)([O-])Cc1ccccc1.[K+]. The van der Waals surface area contributed by atoms with Crippen LogP contribution in [0.3, 0.4) is 0 Å². The van der Waals surface area contributed by atoms with Gasteiger partial charge in [-0.05, 0) is 12.5 Å². The number of benzene rings is 1. The van der Waals surface area contributed by atoms with Crippen LogP contribution >= 0.6 is 7.60 Å². The summed E-state index contributed by atoms with van der Waals surface area (Å²) in [6.45, 7) is 1.86. The fraction of sp³-hybridized carbons (Fsp3) is 0.333. The molecule has 0 aliphatic heterocycles. The van der Waals surface area contributed by atoms with Gasteiger partial charge in [0.05, 0.1) is 6.61 Å². The molecule has 0 N–H and O–H groups in total. The van der Waals surface area contributed by atoms with Gasteiger partial charge >= 0.3 is 51.4 Å². The Morgan fingerprint density at radius 2 is 1.93 bits per heavy atom. The largest absolute Gasteiger partial charge is 1.00 e. The summed E-state index contributed by atoms with van der Waals surface area (Å²) in [4.78, 5) is 11.2. The van der Waals surface area contributed by atoms with Crippen molar-refractivity contribution in [1.29, 1.82) is 0 Å². The summed E-state index contributed by atoms with van der Waals surface area (Å²) in [5.41, 5.74) is 0.759. The van der Waals surface area contributed by atoms with E-state index in [9.17, 15) is 9.46 Å². The van der Waals surface area contributed by atoms with Gasteiger partial charge in [0.15, 0.2) is 0 Å². The summed E-state index contributed by atoms with van der Waals surface area (Å²) < 4.78 is 15.8. The number of hydrogen-bond acceptors (Lipinski definition) is 3. The summed E-state index contributed by atoms with van der Waals surface area (Å²) in [5.74, 6) is 0. The summed E-state index contributed by atoms with van der Waals surface area (Å²) in [5, 5.41) is 0. The standard InChI is InChI=1S/C9H13O3P.K/c1-2-12-13(10,11)8-9-6-4-3-5-7-9;/h3-7H,2,8H2,1H3,(H,10,11);/q;+1/p-1. The molecule has 0 heterocycles. The maximum absolute atomic E-state index is 11.2. The molecule has 1 aromatic rings. The fourth-order valence-corrected chi connectivity index (χ4v) is 2.19. The van der Waals surface area contributed by atoms with Crippen molar-refractivity contribution in [2.45, 2.75) is 13.1 Å². The van der Waals surface area contributed by atoms with Gasteiger partial charge in [-0.3, -0.25) is 0 Å². The molecule has 0 aliphatic rings. The first-order chi connectivity index (χ1) is 6.14. The average Bonchev–Trinajstić information content (AvgIpc) is 2.04. The van der Waals surface area contributed by atoms with E-state index in [1.54, 1.807) is 31.2 Å². The van der Waals surface area contributed by atoms with E-state index in [2.05, 4.69) is 4.52 Å². The molecule has 1 aromatic carbocycles. The second-order valence-electron chi connectivity index (χ2n) is 2.67. The van der Waals surface area contributed by atoms with Gasteiger partial charge in [-0.15, -0.1) is 0 Å². The van der Waals surface area contributed by atoms with Gasteiger partial charge < -0.3 is 14.0 Å². The minimum atomic E-state index is -3.66. The quantitative estimate of drug-likeness (QED) is 0.488. The Hall–Kier alpha value is 1.01. The first-order valence-corrected chi connectivity index (χ1v) is 5.85. The second-order valence-corrected chi connectivity index (χ2v) is 4.47. The molecule has 0 saturated carbocycles. The van der Waals surface area contributed by atoms with Gasteiger partial charge in [0.1, 0.15) is 7.60 Å². The van der Waals surface area contributed by atoms with Crippen LogP contribution in [0.1, 0.15) is 12.5 Å². The average molecular weight is 238 g/mol. The zero-order valence-corrected chi connectivity index (χ0v) is 12.5. The van der Waals surface area contributed by atoms with Gasteiger partial charge in [0, 0.05) is 6.16 Å². The van der Waals surface area contributed by atoms with Crippen molar-refractivity contribution in [2.24, 2.45) is 0 Å². The van der Waals surface area contributed by atoms with E-state index < -0.39 is 7.60 Å². The molecule has 3 nitrogen and oxygen atoms in total. The topological polar surface area (TPSA) is 49.4 Å². The first-order valence-electron chi connectivity index (χ1n) is 4.12. The van der Waals surface area contributed by atoms with Crippen molar-refractivity contribution < 1.29 is 65.4 Å². The van der Waals surface area contributed by atoms with E-state index in [1.807, 2.05) is 6.07 Å². The molecule has 1 rings (SSSR count). The molecule has 0 radical (unpaired) electrons. The summed E-state index contributed by atoms with van der Waals surface area (Å²) in [6.07, 6.45) is -0.0261. The van der Waals surface area contributed by atoms with E-state index in [0.29, 0.717) is 0 Å². The first kappa shape index (κ1) is 15.0. The fourth-order valence-electron chi connectivity index (χ4n) is 1.05. The molecule has 72 valence electrons. The molecule has 5 heteroatoms. The van der Waals surface area contributed by atoms with Gasteiger partial charge in [0.2, 0.25) is 0 Å². The molecule has 0 spiro atoms. The molecular formula is C9H12KO3P. The maximum Gasteiger partial charge on any atom is 1.00 e. The summed E-state index contributed by atoms with van der Waals surface area (Å²) in [7, 11) is -3.66. The van der Waals surface area contributed by atoms with Gasteiger partial charge in [-0.2, -0.15) is 0 Å². The van der Waals surface area contributed by atoms with Crippen LogP contribution in [0.2, 0.25) is 0 Å². The van der Waals surface area contributed by atoms with Crippen molar-refractivity contribution in [3.8, 4) is 0 Å². The Labute approximate surface area is 127 Å². The van der Waals surface area contributed by atoms with E-state index in [1.165, 1.54) is 0 Å².